The minimum Gasteiger partial charge on any atom is -0.495 e. The van der Waals surface area contributed by atoms with Crippen LogP contribution in [0.15, 0.2) is 23.1 Å². The maximum Gasteiger partial charge on any atom is 0.273 e. The van der Waals surface area contributed by atoms with Crippen LogP contribution in [0.25, 0.3) is 0 Å². The van der Waals surface area contributed by atoms with Crippen molar-refractivity contribution >= 4 is 15.7 Å². The molecule has 0 unspecified atom stereocenters. The molecule has 0 fully saturated rings. The largest absolute Gasteiger partial charge is 0.495 e. The number of nitrogens with one attached hydrogen (secondary N) is 1. The number of hydrogen-bond donors (Lipinski definition) is 2. The number of hydrogen-bond acceptors (Lipinski definition) is 6. The number of non-ortho nitro benzene ring substituents is 1. The zero-order valence-electron chi connectivity index (χ0n) is 11.1. The number of nitro benzene ring substituents is 1. The summed E-state index contributed by atoms with van der Waals surface area (Å²) in [5, 5.41) is 19.7. The molecular formula is C11H16N2O6S. The molecule has 0 aliphatic rings. The van der Waals surface area contributed by atoms with Crippen LogP contribution in [-0.4, -0.2) is 38.2 Å². The number of methoxy groups -OCH3 is 1. The van der Waals surface area contributed by atoms with Gasteiger partial charge in [-0.25, -0.2) is 13.1 Å². The van der Waals surface area contributed by atoms with Crippen LogP contribution in [0.1, 0.15) is 13.3 Å². The van der Waals surface area contributed by atoms with E-state index < -0.39 is 21.0 Å². The number of rotatable bonds is 7. The Balaban J connectivity index is 3.21. The van der Waals surface area contributed by atoms with Crippen molar-refractivity contribution in [2.24, 2.45) is 0 Å². The van der Waals surface area contributed by atoms with E-state index in [1.165, 1.54) is 7.11 Å². The lowest BCUT2D eigenvalue weighted by atomic mass is 10.3. The van der Waals surface area contributed by atoms with E-state index in [0.717, 1.165) is 18.2 Å². The van der Waals surface area contributed by atoms with E-state index in [9.17, 15) is 18.5 Å². The highest BCUT2D eigenvalue weighted by molar-refractivity contribution is 7.89. The van der Waals surface area contributed by atoms with Gasteiger partial charge in [0.25, 0.3) is 5.69 Å². The molecule has 0 aliphatic carbocycles. The monoisotopic (exact) mass is 304 g/mol. The summed E-state index contributed by atoms with van der Waals surface area (Å²) in [4.78, 5) is 9.80. The lowest BCUT2D eigenvalue weighted by Crippen LogP contribution is -2.37. The molecule has 8 nitrogen and oxygen atoms in total. The summed E-state index contributed by atoms with van der Waals surface area (Å²) >= 11 is 0. The van der Waals surface area contributed by atoms with Gasteiger partial charge in [0.2, 0.25) is 10.0 Å². The van der Waals surface area contributed by atoms with Crippen LogP contribution >= 0.6 is 0 Å². The molecule has 0 spiro atoms. The molecule has 2 N–H and O–H groups in total. The van der Waals surface area contributed by atoms with Gasteiger partial charge in [0.1, 0.15) is 10.6 Å². The second-order valence-corrected chi connectivity index (χ2v) is 5.68. The lowest BCUT2D eigenvalue weighted by Gasteiger charge is -2.15. The van der Waals surface area contributed by atoms with Crippen molar-refractivity contribution in [3.05, 3.63) is 28.3 Å². The van der Waals surface area contributed by atoms with Gasteiger partial charge in [0.05, 0.1) is 24.7 Å². The van der Waals surface area contributed by atoms with E-state index in [4.69, 9.17) is 9.84 Å². The van der Waals surface area contributed by atoms with Gasteiger partial charge in [0.15, 0.2) is 0 Å². The molecule has 0 heterocycles. The van der Waals surface area contributed by atoms with Crippen molar-refractivity contribution in [3.8, 4) is 5.75 Å². The van der Waals surface area contributed by atoms with Crippen LogP contribution in [0.2, 0.25) is 0 Å². The van der Waals surface area contributed by atoms with Gasteiger partial charge in [-0.05, 0) is 12.5 Å². The van der Waals surface area contributed by atoms with Crippen LogP contribution in [0.5, 0.6) is 5.75 Å². The van der Waals surface area contributed by atoms with Crippen molar-refractivity contribution in [2.75, 3.05) is 13.7 Å². The van der Waals surface area contributed by atoms with Gasteiger partial charge in [0, 0.05) is 12.1 Å². The Morgan fingerprint density at radius 3 is 2.60 bits per heavy atom. The van der Waals surface area contributed by atoms with Gasteiger partial charge in [-0.1, -0.05) is 6.92 Å². The fourth-order valence-electron chi connectivity index (χ4n) is 1.52. The molecule has 0 aromatic heterocycles. The predicted octanol–water partition coefficient (Wildman–Crippen LogP) is 0.653. The van der Waals surface area contributed by atoms with Crippen molar-refractivity contribution in [1.29, 1.82) is 0 Å². The summed E-state index contributed by atoms with van der Waals surface area (Å²) in [5.74, 6) is -0.125. The third-order valence-corrected chi connectivity index (χ3v) is 4.24. The third-order valence-electron chi connectivity index (χ3n) is 2.68. The van der Waals surface area contributed by atoms with Crippen molar-refractivity contribution in [2.45, 2.75) is 24.3 Å². The van der Waals surface area contributed by atoms with Gasteiger partial charge in [-0.15, -0.1) is 0 Å². The molecule has 0 bridgehead atoms. The average molecular weight is 304 g/mol. The van der Waals surface area contributed by atoms with E-state index in [2.05, 4.69) is 4.72 Å². The average Bonchev–Trinajstić information content (AvgIpc) is 2.43. The highest BCUT2D eigenvalue weighted by Crippen LogP contribution is 2.28. The molecule has 0 saturated heterocycles. The highest BCUT2D eigenvalue weighted by Gasteiger charge is 2.24. The number of nitrogens with zero attached hydrogens (tertiary/aromatic N) is 1. The second-order valence-electron chi connectivity index (χ2n) is 4.00. The molecule has 1 rings (SSSR count). The molecule has 112 valence electrons. The van der Waals surface area contributed by atoms with Gasteiger partial charge in [-0.2, -0.15) is 0 Å². The Labute approximate surface area is 116 Å². The first-order valence-electron chi connectivity index (χ1n) is 5.81. The standard InChI is InChI=1S/C11H16N2O6S/c1-3-8(7-14)12-20(17,18)11-5-4-9(13(15)16)6-10(11)19-2/h4-6,8,12,14H,3,7H2,1-2H3/t8-/m0/s1. The second kappa shape index (κ2) is 6.64. The first kappa shape index (κ1) is 16.3. The number of aliphatic hydroxyl groups is 1. The van der Waals surface area contributed by atoms with Gasteiger partial charge < -0.3 is 9.84 Å². The molecule has 0 amide bonds. The molecule has 20 heavy (non-hydrogen) atoms. The summed E-state index contributed by atoms with van der Waals surface area (Å²) in [7, 11) is -2.70. The minimum atomic E-state index is -3.93. The molecule has 0 aliphatic heterocycles. The van der Waals surface area contributed by atoms with Crippen molar-refractivity contribution in [1.82, 2.24) is 4.72 Å². The Bertz CT molecular complexity index is 583. The van der Waals surface area contributed by atoms with E-state index >= 15 is 0 Å². The summed E-state index contributed by atoms with van der Waals surface area (Å²) < 4.78 is 31.5. The van der Waals surface area contributed by atoms with E-state index in [0.29, 0.717) is 6.42 Å². The van der Waals surface area contributed by atoms with E-state index in [1.54, 1.807) is 6.92 Å². The van der Waals surface area contributed by atoms with Crippen molar-refractivity contribution in [3.63, 3.8) is 0 Å². The smallest absolute Gasteiger partial charge is 0.273 e. The first-order valence-corrected chi connectivity index (χ1v) is 7.29. The maximum atomic E-state index is 12.1. The number of nitro groups is 1. The van der Waals surface area contributed by atoms with Crippen LogP contribution in [0.3, 0.4) is 0 Å². The number of ether oxygens (including phenoxy) is 1. The summed E-state index contributed by atoms with van der Waals surface area (Å²) in [5.41, 5.74) is -0.269. The molecule has 1 aromatic carbocycles. The molecule has 0 saturated carbocycles. The zero-order chi connectivity index (χ0) is 15.3. The lowest BCUT2D eigenvalue weighted by molar-refractivity contribution is -0.385. The summed E-state index contributed by atoms with van der Waals surface area (Å²) in [6.45, 7) is 1.38. The van der Waals surface area contributed by atoms with Crippen LogP contribution in [0, 0.1) is 10.1 Å². The third kappa shape index (κ3) is 3.65. The number of sulfonamides is 1. The van der Waals surface area contributed by atoms with Crippen molar-refractivity contribution < 1.29 is 23.2 Å². The highest BCUT2D eigenvalue weighted by atomic mass is 32.2. The number of aliphatic hydroxyl groups excluding tert-OH is 1. The zero-order valence-corrected chi connectivity index (χ0v) is 11.9. The summed E-state index contributed by atoms with van der Waals surface area (Å²) in [6.07, 6.45) is 0.408. The quantitative estimate of drug-likeness (QED) is 0.564. The van der Waals surface area contributed by atoms with Crippen LogP contribution < -0.4 is 9.46 Å². The predicted molar refractivity (Wildman–Crippen MR) is 71.1 cm³/mol. The molecule has 0 radical (unpaired) electrons. The minimum absolute atomic E-state index is 0.125. The fourth-order valence-corrected chi connectivity index (χ4v) is 2.99. The Kier molecular flexibility index (Phi) is 5.43. The normalized spacial score (nSPS) is 12.9. The first-order chi connectivity index (χ1) is 9.35. The Hall–Kier alpha value is -1.71. The fraction of sp³-hybridized carbons (Fsp3) is 0.455. The van der Waals surface area contributed by atoms with E-state index in [-0.39, 0.29) is 22.9 Å². The van der Waals surface area contributed by atoms with E-state index in [1.807, 2.05) is 0 Å². The molecule has 1 aromatic rings. The Morgan fingerprint density at radius 1 is 1.50 bits per heavy atom. The molecular weight excluding hydrogens is 288 g/mol. The molecule has 9 heteroatoms. The summed E-state index contributed by atoms with van der Waals surface area (Å²) in [6, 6.07) is 2.59. The van der Waals surface area contributed by atoms with Gasteiger partial charge >= 0.3 is 0 Å². The maximum absolute atomic E-state index is 12.1. The SMILES string of the molecule is CC[C@@H](CO)NS(=O)(=O)c1ccc([N+](=O)[O-])cc1OC. The van der Waals surface area contributed by atoms with Crippen LogP contribution in [0.4, 0.5) is 5.69 Å². The van der Waals surface area contributed by atoms with Gasteiger partial charge in [-0.3, -0.25) is 10.1 Å². The molecule has 1 atom stereocenters. The Morgan fingerprint density at radius 2 is 2.15 bits per heavy atom. The number of benzene rings is 1. The topological polar surface area (TPSA) is 119 Å². The van der Waals surface area contributed by atoms with Crippen LogP contribution in [-0.2, 0) is 10.0 Å².